The number of fused-ring (bicyclic) bond motifs is 1. The summed E-state index contributed by atoms with van der Waals surface area (Å²) >= 11 is 0. The second-order valence-corrected chi connectivity index (χ2v) is 9.73. The van der Waals surface area contributed by atoms with E-state index in [2.05, 4.69) is 9.50 Å². The molecule has 2 aromatic carbocycles. The van der Waals surface area contributed by atoms with Crippen molar-refractivity contribution in [1.29, 1.82) is 0 Å². The van der Waals surface area contributed by atoms with Crippen molar-refractivity contribution in [2.24, 2.45) is 4.40 Å². The van der Waals surface area contributed by atoms with E-state index in [0.717, 1.165) is 35.2 Å². The minimum Gasteiger partial charge on any atom is -0.465 e. The molecular weight excluding hydrogens is 454 g/mol. The number of aromatic nitrogens is 2. The highest BCUT2D eigenvalue weighted by molar-refractivity contribution is 8.23. The van der Waals surface area contributed by atoms with Crippen LogP contribution in [0.4, 0.5) is 0 Å². The van der Waals surface area contributed by atoms with Crippen LogP contribution in [0.5, 0.6) is 0 Å². The lowest BCUT2D eigenvalue weighted by Gasteiger charge is -2.29. The predicted octanol–water partition coefficient (Wildman–Crippen LogP) is 5.17. The van der Waals surface area contributed by atoms with Gasteiger partial charge >= 0.3 is 5.97 Å². The van der Waals surface area contributed by atoms with Crippen LogP contribution in [0.1, 0.15) is 48.3 Å². The molecule has 178 valence electrons. The first-order valence-corrected chi connectivity index (χ1v) is 12.6. The second kappa shape index (κ2) is 9.92. The van der Waals surface area contributed by atoms with Crippen LogP contribution in [0, 0.1) is 0 Å². The SMILES string of the molecule is CCOC(=O)Cn1ncc2c1CCCC2=NS(O)(O)c1ccc(-c2cccc(C(C)=O)c2)cc1. The number of carbonyl (C=O) groups excluding carboxylic acids is 2. The molecule has 0 saturated heterocycles. The zero-order valence-electron chi connectivity index (χ0n) is 19.1. The van der Waals surface area contributed by atoms with Crippen molar-refractivity contribution in [2.75, 3.05) is 6.61 Å². The number of carbonyl (C=O) groups is 2. The molecule has 4 rings (SSSR count). The van der Waals surface area contributed by atoms with Crippen molar-refractivity contribution < 1.29 is 23.4 Å². The maximum absolute atomic E-state index is 11.9. The topological polar surface area (TPSA) is 114 Å². The maximum atomic E-state index is 11.9. The van der Waals surface area contributed by atoms with Crippen LogP contribution < -0.4 is 0 Å². The Labute approximate surface area is 199 Å². The summed E-state index contributed by atoms with van der Waals surface area (Å²) in [5, 5.41) is 4.29. The fourth-order valence-electron chi connectivity index (χ4n) is 3.99. The Balaban J connectivity index is 1.58. The summed E-state index contributed by atoms with van der Waals surface area (Å²) in [5.41, 5.74) is 4.48. The van der Waals surface area contributed by atoms with Crippen molar-refractivity contribution in [3.05, 3.63) is 71.5 Å². The second-order valence-electron chi connectivity index (χ2n) is 8.04. The van der Waals surface area contributed by atoms with Crippen molar-refractivity contribution in [1.82, 2.24) is 9.78 Å². The lowest BCUT2D eigenvalue weighted by Crippen LogP contribution is -2.20. The normalized spacial score (nSPS) is 15.1. The van der Waals surface area contributed by atoms with E-state index in [1.165, 1.54) is 6.92 Å². The van der Waals surface area contributed by atoms with E-state index in [0.29, 0.717) is 29.2 Å². The first kappa shape index (κ1) is 23.9. The average molecular weight is 482 g/mol. The third-order valence-electron chi connectivity index (χ3n) is 5.68. The van der Waals surface area contributed by atoms with E-state index in [9.17, 15) is 18.7 Å². The van der Waals surface area contributed by atoms with Crippen molar-refractivity contribution in [3.63, 3.8) is 0 Å². The van der Waals surface area contributed by atoms with Crippen LogP contribution in [-0.4, -0.2) is 43.0 Å². The number of esters is 1. The molecule has 2 N–H and O–H groups in total. The van der Waals surface area contributed by atoms with Crippen molar-refractivity contribution >= 4 is 28.2 Å². The van der Waals surface area contributed by atoms with Gasteiger partial charge in [-0.2, -0.15) is 9.50 Å². The molecule has 0 spiro atoms. The van der Waals surface area contributed by atoms with Crippen molar-refractivity contribution in [2.45, 2.75) is 44.6 Å². The molecule has 0 aliphatic heterocycles. The van der Waals surface area contributed by atoms with Crippen LogP contribution in [0.2, 0.25) is 0 Å². The standard InChI is InChI=1S/C25H27N3O5S/c1-3-33-25(30)16-28-24-9-5-8-23(22(24)15-26-28)27-34(31,32)21-12-10-18(11-13-21)20-7-4-6-19(14-20)17(2)29/h4,6-7,10-15,31-32H,3,5,8-9,16H2,1-2H3. The van der Waals surface area contributed by atoms with E-state index in [1.807, 2.05) is 18.2 Å². The molecule has 8 nitrogen and oxygen atoms in total. The van der Waals surface area contributed by atoms with Crippen LogP contribution in [0.25, 0.3) is 11.1 Å². The highest BCUT2D eigenvalue weighted by atomic mass is 32.3. The summed E-state index contributed by atoms with van der Waals surface area (Å²) in [6.45, 7) is 3.59. The quantitative estimate of drug-likeness (QED) is 0.356. The molecule has 1 aliphatic rings. The molecule has 0 unspecified atom stereocenters. The van der Waals surface area contributed by atoms with Crippen LogP contribution in [0.3, 0.4) is 0 Å². The van der Waals surface area contributed by atoms with Gasteiger partial charge in [0.1, 0.15) is 6.54 Å². The number of Topliss-reactive ketones (excluding diaryl/α,β-unsaturated/α-hetero) is 1. The van der Waals surface area contributed by atoms with E-state index >= 15 is 0 Å². The van der Waals surface area contributed by atoms with Gasteiger partial charge in [-0.25, -0.2) is 0 Å². The Kier molecular flexibility index (Phi) is 6.97. The molecule has 0 atom stereocenters. The molecule has 0 amide bonds. The first-order chi connectivity index (χ1) is 16.3. The smallest absolute Gasteiger partial charge is 0.327 e. The molecule has 34 heavy (non-hydrogen) atoms. The molecule has 1 aromatic heterocycles. The molecule has 1 heterocycles. The highest BCUT2D eigenvalue weighted by Crippen LogP contribution is 2.50. The van der Waals surface area contributed by atoms with Gasteiger partial charge in [0.25, 0.3) is 0 Å². The van der Waals surface area contributed by atoms with E-state index in [4.69, 9.17) is 4.74 Å². The monoisotopic (exact) mass is 481 g/mol. The third-order valence-corrected chi connectivity index (χ3v) is 7.06. The van der Waals surface area contributed by atoms with Gasteiger partial charge in [-0.15, -0.1) is 0 Å². The molecule has 0 saturated carbocycles. The van der Waals surface area contributed by atoms with E-state index < -0.39 is 10.8 Å². The van der Waals surface area contributed by atoms with Gasteiger partial charge in [-0.3, -0.25) is 23.4 Å². The van der Waals surface area contributed by atoms with Crippen LogP contribution in [-0.2, 0) is 22.5 Å². The fraction of sp³-hybridized carbons (Fsp3) is 0.280. The van der Waals surface area contributed by atoms with Gasteiger partial charge in [0.15, 0.2) is 5.78 Å². The zero-order valence-corrected chi connectivity index (χ0v) is 19.9. The van der Waals surface area contributed by atoms with Gasteiger partial charge in [-0.05, 0) is 62.4 Å². The Morgan fingerprint density at radius 3 is 2.59 bits per heavy atom. The van der Waals surface area contributed by atoms with Gasteiger partial charge in [0, 0.05) is 16.8 Å². The third kappa shape index (κ3) is 5.11. The Morgan fingerprint density at radius 2 is 1.88 bits per heavy atom. The summed E-state index contributed by atoms with van der Waals surface area (Å²) in [6, 6.07) is 14.2. The van der Waals surface area contributed by atoms with Gasteiger partial charge in [0.2, 0.25) is 0 Å². The average Bonchev–Trinajstić information content (AvgIpc) is 3.23. The highest BCUT2D eigenvalue weighted by Gasteiger charge is 2.25. The molecular formula is C25H27N3O5S. The summed E-state index contributed by atoms with van der Waals surface area (Å²) in [6.07, 6.45) is 3.69. The molecule has 1 aliphatic carbocycles. The van der Waals surface area contributed by atoms with Crippen LogP contribution >= 0.6 is 10.8 Å². The summed E-state index contributed by atoms with van der Waals surface area (Å²) < 4.78 is 32.7. The Morgan fingerprint density at radius 1 is 1.12 bits per heavy atom. The number of hydrogen-bond acceptors (Lipinski definition) is 7. The lowest BCUT2D eigenvalue weighted by molar-refractivity contribution is -0.144. The van der Waals surface area contributed by atoms with Crippen molar-refractivity contribution in [3.8, 4) is 11.1 Å². The number of hydrogen-bond donors (Lipinski definition) is 2. The van der Waals surface area contributed by atoms with Gasteiger partial charge in [0.05, 0.1) is 23.4 Å². The Hall–Kier alpha value is -3.27. The Bertz CT molecular complexity index is 1250. The van der Waals surface area contributed by atoms with Crippen LogP contribution in [0.15, 0.2) is 64.0 Å². The number of ether oxygens (including phenoxy) is 1. The van der Waals surface area contributed by atoms with E-state index in [1.54, 1.807) is 48.1 Å². The minimum absolute atomic E-state index is 0.0129. The molecule has 9 heteroatoms. The predicted molar refractivity (Wildman–Crippen MR) is 131 cm³/mol. The molecule has 0 fully saturated rings. The number of rotatable bonds is 7. The largest absolute Gasteiger partial charge is 0.465 e. The molecule has 3 aromatic rings. The minimum atomic E-state index is -3.44. The maximum Gasteiger partial charge on any atom is 0.327 e. The van der Waals surface area contributed by atoms with Gasteiger partial charge < -0.3 is 4.74 Å². The number of ketones is 1. The summed E-state index contributed by atoms with van der Waals surface area (Å²) in [5.74, 6) is -0.378. The summed E-state index contributed by atoms with van der Waals surface area (Å²) in [7, 11) is -3.44. The fourth-order valence-corrected chi connectivity index (χ4v) is 5.09. The van der Waals surface area contributed by atoms with Gasteiger partial charge in [-0.1, -0.05) is 41.1 Å². The van der Waals surface area contributed by atoms with E-state index in [-0.39, 0.29) is 18.3 Å². The molecule has 0 bridgehead atoms. The first-order valence-electron chi connectivity index (χ1n) is 11.1. The lowest BCUT2D eigenvalue weighted by atomic mass is 9.96. The zero-order chi connectivity index (χ0) is 24.3. The summed E-state index contributed by atoms with van der Waals surface area (Å²) in [4.78, 5) is 23.8. The number of benzene rings is 2. The molecule has 0 radical (unpaired) electrons. The number of nitrogens with zero attached hydrogens (tertiary/aromatic N) is 3.